The van der Waals surface area contributed by atoms with E-state index in [2.05, 4.69) is 27.6 Å². The van der Waals surface area contributed by atoms with Crippen LogP contribution in [0.3, 0.4) is 0 Å². The zero-order valence-electron chi connectivity index (χ0n) is 19.3. The van der Waals surface area contributed by atoms with E-state index < -0.39 is 9.71 Å². The lowest BCUT2D eigenvalue weighted by Crippen LogP contribution is -2.34. The summed E-state index contributed by atoms with van der Waals surface area (Å²) >= 11 is 0. The minimum atomic E-state index is -2.64. The number of aromatic nitrogens is 4. The van der Waals surface area contributed by atoms with Gasteiger partial charge in [-0.1, -0.05) is 25.8 Å². The first-order valence-electron chi connectivity index (χ1n) is 10.9. The second kappa shape index (κ2) is 8.33. The highest BCUT2D eigenvalue weighted by Gasteiger charge is 2.29. The zero-order valence-corrected chi connectivity index (χ0v) is 20.1. The third-order valence-corrected chi connectivity index (χ3v) is 8.10. The lowest BCUT2D eigenvalue weighted by atomic mass is 9.89. The molecule has 3 N–H and O–H groups in total. The number of benzene rings is 1. The van der Waals surface area contributed by atoms with Crippen molar-refractivity contribution in [3.8, 4) is 22.5 Å². The Hall–Kier alpha value is -2.71. The number of hydrogen-bond acceptors (Lipinski definition) is 5. The summed E-state index contributed by atoms with van der Waals surface area (Å²) in [5.41, 5.74) is 11.2. The van der Waals surface area contributed by atoms with Gasteiger partial charge in [0.15, 0.2) is 0 Å². The number of nitrogens with zero attached hydrogens (tertiary/aromatic N) is 4. The van der Waals surface area contributed by atoms with E-state index in [9.17, 15) is 4.21 Å². The molecule has 4 rings (SSSR count). The first kappa shape index (κ1) is 22.5. The Morgan fingerprint density at radius 2 is 1.97 bits per heavy atom. The highest BCUT2D eigenvalue weighted by molar-refractivity contribution is 7.98. The smallest absolute Gasteiger partial charge is 0.150 e. The molecule has 1 aliphatic rings. The van der Waals surface area contributed by atoms with Crippen LogP contribution in [-0.2, 0) is 16.8 Å². The van der Waals surface area contributed by atoms with Gasteiger partial charge < -0.3 is 5.73 Å². The van der Waals surface area contributed by atoms with Gasteiger partial charge in [-0.15, -0.1) is 0 Å². The van der Waals surface area contributed by atoms with Gasteiger partial charge in [-0.25, -0.2) is 18.9 Å². The molecular weight excluding hydrogens is 420 g/mol. The van der Waals surface area contributed by atoms with Gasteiger partial charge in [0.2, 0.25) is 0 Å². The van der Waals surface area contributed by atoms with E-state index in [-0.39, 0.29) is 5.41 Å². The first-order valence-corrected chi connectivity index (χ1v) is 12.7. The molecule has 7 nitrogen and oxygen atoms in total. The van der Waals surface area contributed by atoms with E-state index in [0.717, 1.165) is 35.2 Å². The fourth-order valence-electron chi connectivity index (χ4n) is 4.42. The number of nitrogen functional groups attached to an aromatic ring is 1. The van der Waals surface area contributed by atoms with Crippen LogP contribution in [0.4, 0.5) is 5.82 Å². The average Bonchev–Trinajstić information content (AvgIpc) is 3.32. The van der Waals surface area contributed by atoms with Crippen LogP contribution < -0.4 is 10.5 Å². The van der Waals surface area contributed by atoms with Crippen LogP contribution in [0.25, 0.3) is 22.5 Å². The molecular formula is C24H32N6OS. The van der Waals surface area contributed by atoms with Crippen molar-refractivity contribution in [3.05, 3.63) is 41.9 Å². The first-order chi connectivity index (χ1) is 15.1. The molecule has 1 aromatic carbocycles. The minimum Gasteiger partial charge on any atom is -0.382 e. The van der Waals surface area contributed by atoms with Gasteiger partial charge in [0.05, 0.1) is 27.3 Å². The predicted molar refractivity (Wildman–Crippen MR) is 132 cm³/mol. The van der Waals surface area contributed by atoms with Crippen molar-refractivity contribution in [1.29, 1.82) is 0 Å². The van der Waals surface area contributed by atoms with Crippen molar-refractivity contribution in [2.45, 2.75) is 51.3 Å². The maximum atomic E-state index is 13.5. The standard InChI is InChI=1S/C24H32N6OS/c1-16-8-9-18(32(5,31)27-15-24(3)10-6-7-11-24)12-19(16)21-13-26-23(25)22(28-21)20-14-30(4)29-17(20)2/h8-9,12-14H,5-7,10-11,15H2,1-4H3,(H2,25,26)(H,27,31). The molecule has 0 aliphatic heterocycles. The van der Waals surface area contributed by atoms with Gasteiger partial charge in [0.25, 0.3) is 0 Å². The number of hydrogen-bond donors (Lipinski definition) is 2. The summed E-state index contributed by atoms with van der Waals surface area (Å²) in [4.78, 5) is 9.87. The minimum absolute atomic E-state index is 0.187. The fraction of sp³-hybridized carbons (Fsp3) is 0.417. The van der Waals surface area contributed by atoms with Crippen LogP contribution in [0.1, 0.15) is 43.9 Å². The second-order valence-electron chi connectivity index (χ2n) is 9.28. The summed E-state index contributed by atoms with van der Waals surface area (Å²) in [6.45, 7) is 6.88. The summed E-state index contributed by atoms with van der Waals surface area (Å²) in [7, 11) is -0.781. The monoisotopic (exact) mass is 452 g/mol. The summed E-state index contributed by atoms with van der Waals surface area (Å²) in [6.07, 6.45) is 8.34. The summed E-state index contributed by atoms with van der Waals surface area (Å²) in [5.74, 6) is 4.39. The van der Waals surface area contributed by atoms with Gasteiger partial charge in [0, 0.05) is 35.8 Å². The van der Waals surface area contributed by atoms with Crippen molar-refractivity contribution in [3.63, 3.8) is 0 Å². The van der Waals surface area contributed by atoms with E-state index in [1.807, 2.05) is 45.3 Å². The summed E-state index contributed by atoms with van der Waals surface area (Å²) in [5, 5.41) is 4.39. The van der Waals surface area contributed by atoms with Gasteiger partial charge >= 0.3 is 0 Å². The van der Waals surface area contributed by atoms with E-state index >= 15 is 0 Å². The molecule has 0 amide bonds. The predicted octanol–water partition coefficient (Wildman–Crippen LogP) is 3.90. The Balaban J connectivity index is 1.69. The number of rotatable bonds is 6. The molecule has 32 heavy (non-hydrogen) atoms. The maximum absolute atomic E-state index is 13.5. The highest BCUT2D eigenvalue weighted by atomic mass is 32.2. The molecule has 1 unspecified atom stereocenters. The molecule has 2 heterocycles. The SMILES string of the molecule is C=S(=O)(NCC1(C)CCCC1)c1ccc(C)c(-c2cnc(N)c(-c3cn(C)nc3C)n2)c1. The van der Waals surface area contributed by atoms with Gasteiger partial charge in [-0.3, -0.25) is 4.68 Å². The molecule has 0 saturated heterocycles. The largest absolute Gasteiger partial charge is 0.382 e. The van der Waals surface area contributed by atoms with Crippen LogP contribution in [0, 0.1) is 19.3 Å². The van der Waals surface area contributed by atoms with Crippen molar-refractivity contribution >= 4 is 21.4 Å². The van der Waals surface area contributed by atoms with Gasteiger partial charge in [-0.05, 0) is 55.7 Å². The molecule has 1 aliphatic carbocycles. The Morgan fingerprint density at radius 3 is 2.62 bits per heavy atom. The lowest BCUT2D eigenvalue weighted by molar-refractivity contribution is 0.338. The van der Waals surface area contributed by atoms with Crippen molar-refractivity contribution in [2.24, 2.45) is 12.5 Å². The topological polar surface area (TPSA) is 98.7 Å². The number of nitrogens with one attached hydrogen (secondary N) is 1. The Labute approximate surface area is 190 Å². The Bertz CT molecular complexity index is 1260. The van der Waals surface area contributed by atoms with Crippen LogP contribution >= 0.6 is 0 Å². The second-order valence-corrected chi connectivity index (χ2v) is 11.4. The molecule has 1 saturated carbocycles. The average molecular weight is 453 g/mol. The normalized spacial score (nSPS) is 17.4. The number of nitrogens with two attached hydrogens (primary N) is 1. The molecule has 0 bridgehead atoms. The fourth-order valence-corrected chi connectivity index (χ4v) is 5.76. The maximum Gasteiger partial charge on any atom is 0.150 e. The molecule has 0 spiro atoms. The molecule has 170 valence electrons. The molecule has 1 atom stereocenters. The molecule has 0 radical (unpaired) electrons. The number of anilines is 1. The summed E-state index contributed by atoms with van der Waals surface area (Å²) < 4.78 is 18.5. The third-order valence-electron chi connectivity index (χ3n) is 6.48. The summed E-state index contributed by atoms with van der Waals surface area (Å²) in [6, 6.07) is 5.76. The number of aryl methyl sites for hydroxylation is 3. The molecule has 1 fully saturated rings. The van der Waals surface area contributed by atoms with E-state index in [1.54, 1.807) is 10.9 Å². The Kier molecular flexibility index (Phi) is 5.85. The van der Waals surface area contributed by atoms with Gasteiger partial charge in [-0.2, -0.15) is 5.10 Å². The van der Waals surface area contributed by atoms with E-state index in [1.165, 1.54) is 12.8 Å². The van der Waals surface area contributed by atoms with Crippen molar-refractivity contribution in [1.82, 2.24) is 24.5 Å². The van der Waals surface area contributed by atoms with Crippen LogP contribution in [0.15, 0.2) is 35.5 Å². The zero-order chi connectivity index (χ0) is 23.1. The lowest BCUT2D eigenvalue weighted by Gasteiger charge is -2.25. The highest BCUT2D eigenvalue weighted by Crippen LogP contribution is 2.37. The molecule has 8 heteroatoms. The van der Waals surface area contributed by atoms with Crippen molar-refractivity contribution in [2.75, 3.05) is 12.3 Å². The van der Waals surface area contributed by atoms with Gasteiger partial charge in [0.1, 0.15) is 11.5 Å². The molecule has 2 aromatic heterocycles. The van der Waals surface area contributed by atoms with Crippen LogP contribution in [0.2, 0.25) is 0 Å². The molecule has 3 aromatic rings. The third kappa shape index (κ3) is 4.42. The van der Waals surface area contributed by atoms with E-state index in [4.69, 9.17) is 10.7 Å². The van der Waals surface area contributed by atoms with Crippen LogP contribution in [-0.4, -0.2) is 36.4 Å². The van der Waals surface area contributed by atoms with E-state index in [0.29, 0.717) is 28.6 Å². The van der Waals surface area contributed by atoms with Crippen LogP contribution in [0.5, 0.6) is 0 Å². The quantitative estimate of drug-likeness (QED) is 0.553. The Morgan fingerprint density at radius 1 is 1.25 bits per heavy atom. The van der Waals surface area contributed by atoms with Crippen molar-refractivity contribution < 1.29 is 4.21 Å².